The number of likely N-dealkylation sites (tertiary alicyclic amines) is 1. The lowest BCUT2D eigenvalue weighted by Gasteiger charge is -2.36. The Balaban J connectivity index is 0.000000270. The molecule has 1 N–H and O–H groups in total. The van der Waals surface area contributed by atoms with Crippen molar-refractivity contribution >= 4 is 33.1 Å². The van der Waals surface area contributed by atoms with E-state index < -0.39 is 5.60 Å². The van der Waals surface area contributed by atoms with Gasteiger partial charge in [0.05, 0.1) is 29.4 Å². The highest BCUT2D eigenvalue weighted by Gasteiger charge is 2.32. The molecule has 1 aliphatic carbocycles. The van der Waals surface area contributed by atoms with Gasteiger partial charge in [0, 0.05) is 24.0 Å². The molecule has 0 amide bonds. The van der Waals surface area contributed by atoms with Gasteiger partial charge in [0.15, 0.2) is 0 Å². The average Bonchev–Trinajstić information content (AvgIpc) is 2.84. The van der Waals surface area contributed by atoms with Crippen LogP contribution >= 0.6 is 15.9 Å². The Morgan fingerprint density at radius 2 is 1.94 bits per heavy atom. The van der Waals surface area contributed by atoms with E-state index in [4.69, 9.17) is 0 Å². The van der Waals surface area contributed by atoms with Crippen molar-refractivity contribution in [2.75, 3.05) is 20.1 Å². The molecule has 6 nitrogen and oxygen atoms in total. The molecule has 4 rings (SSSR count). The van der Waals surface area contributed by atoms with Gasteiger partial charge in [-0.3, -0.25) is 9.36 Å². The van der Waals surface area contributed by atoms with Gasteiger partial charge in [-0.1, -0.05) is 53.6 Å². The Kier molecular flexibility index (Phi) is 11.2. The zero-order chi connectivity index (χ0) is 24.3. The monoisotopic (exact) mass is 517 g/mol. The number of allylic oxidation sites excluding steroid dienone is 4. The van der Waals surface area contributed by atoms with Crippen molar-refractivity contribution in [1.29, 1.82) is 0 Å². The maximum atomic E-state index is 12.5. The van der Waals surface area contributed by atoms with Crippen molar-refractivity contribution in [3.05, 3.63) is 63.2 Å². The number of nitrogens with zero attached hydrogens (tertiary/aromatic N) is 3. The van der Waals surface area contributed by atoms with Crippen LogP contribution in [0.25, 0.3) is 10.9 Å². The largest absolute Gasteiger partial charge is 0.388 e. The predicted octanol–water partition coefficient (Wildman–Crippen LogP) is 4.88. The Bertz CT molecular complexity index is 1020. The summed E-state index contributed by atoms with van der Waals surface area (Å²) in [6.07, 6.45) is 14.2. The van der Waals surface area contributed by atoms with E-state index in [0.29, 0.717) is 36.7 Å². The third-order valence-corrected chi connectivity index (χ3v) is 6.29. The number of hydrogen-bond donors (Lipinski definition) is 1. The number of carbonyl (C=O) groups excluding carboxylic acids is 1. The van der Waals surface area contributed by atoms with Gasteiger partial charge in [0.2, 0.25) is 0 Å². The van der Waals surface area contributed by atoms with Gasteiger partial charge in [-0.25, -0.2) is 4.98 Å². The van der Waals surface area contributed by atoms with Crippen LogP contribution in [0.15, 0.2) is 57.6 Å². The summed E-state index contributed by atoms with van der Waals surface area (Å²) >= 11 is 3.38. The van der Waals surface area contributed by atoms with Crippen LogP contribution in [0.1, 0.15) is 52.4 Å². The molecule has 33 heavy (non-hydrogen) atoms. The SMILES string of the molecule is CC.CN1CCC(O)(Cn2cnc3cc(Br)ccc3c2=O)CC1.O=CCCC1=CCCC=C1. The second-order valence-electron chi connectivity index (χ2n) is 8.33. The van der Waals surface area contributed by atoms with Crippen molar-refractivity contribution in [3.63, 3.8) is 0 Å². The lowest BCUT2D eigenvalue weighted by molar-refractivity contribution is -0.107. The lowest BCUT2D eigenvalue weighted by Crippen LogP contribution is -2.46. The van der Waals surface area contributed by atoms with E-state index in [9.17, 15) is 14.7 Å². The van der Waals surface area contributed by atoms with Crippen LogP contribution in [0.5, 0.6) is 0 Å². The van der Waals surface area contributed by atoms with Crippen LogP contribution in [0.2, 0.25) is 0 Å². The molecular formula is C26H36BrN3O3. The Hall–Kier alpha value is -2.09. The first-order valence-electron chi connectivity index (χ1n) is 11.7. The molecule has 1 saturated heterocycles. The van der Waals surface area contributed by atoms with E-state index in [1.807, 2.05) is 33.0 Å². The molecule has 2 aromatic rings. The number of hydrogen-bond acceptors (Lipinski definition) is 5. The minimum Gasteiger partial charge on any atom is -0.388 e. The van der Waals surface area contributed by atoms with Gasteiger partial charge in [-0.05, 0) is 57.4 Å². The average molecular weight is 518 g/mol. The van der Waals surface area contributed by atoms with Crippen LogP contribution in [0, 0.1) is 0 Å². The number of fused-ring (bicyclic) bond motifs is 1. The number of rotatable bonds is 5. The van der Waals surface area contributed by atoms with E-state index in [-0.39, 0.29) is 5.56 Å². The summed E-state index contributed by atoms with van der Waals surface area (Å²) in [4.78, 5) is 29.0. The minimum absolute atomic E-state index is 0.0974. The first kappa shape index (κ1) is 27.2. The quantitative estimate of drug-likeness (QED) is 0.571. The number of aromatic nitrogens is 2. The van der Waals surface area contributed by atoms with Crippen molar-refractivity contribution in [3.8, 4) is 0 Å². The smallest absolute Gasteiger partial charge is 0.261 e. The molecule has 0 radical (unpaired) electrons. The second-order valence-corrected chi connectivity index (χ2v) is 9.25. The molecule has 0 saturated carbocycles. The van der Waals surface area contributed by atoms with Crippen molar-refractivity contribution < 1.29 is 9.90 Å². The maximum Gasteiger partial charge on any atom is 0.261 e. The summed E-state index contributed by atoms with van der Waals surface area (Å²) in [6.45, 7) is 6.00. The molecule has 2 heterocycles. The van der Waals surface area contributed by atoms with Crippen molar-refractivity contribution in [2.24, 2.45) is 0 Å². The fourth-order valence-corrected chi connectivity index (χ4v) is 4.18. The Morgan fingerprint density at radius 1 is 1.21 bits per heavy atom. The van der Waals surface area contributed by atoms with Gasteiger partial charge in [0.1, 0.15) is 6.29 Å². The second kappa shape index (κ2) is 13.6. The number of aldehydes is 1. The summed E-state index contributed by atoms with van der Waals surface area (Å²) in [5.74, 6) is 0. The molecule has 0 spiro atoms. The lowest BCUT2D eigenvalue weighted by atomic mass is 9.91. The summed E-state index contributed by atoms with van der Waals surface area (Å²) in [5.41, 5.74) is 1.07. The predicted molar refractivity (Wildman–Crippen MR) is 138 cm³/mol. The Morgan fingerprint density at radius 3 is 2.58 bits per heavy atom. The molecule has 7 heteroatoms. The molecule has 1 aromatic heterocycles. The van der Waals surface area contributed by atoms with Gasteiger partial charge in [-0.15, -0.1) is 0 Å². The molecule has 180 valence electrons. The van der Waals surface area contributed by atoms with Crippen LogP contribution in [-0.2, 0) is 11.3 Å². The van der Waals surface area contributed by atoms with Crippen LogP contribution in [0.3, 0.4) is 0 Å². The summed E-state index contributed by atoms with van der Waals surface area (Å²) < 4.78 is 2.43. The third-order valence-electron chi connectivity index (χ3n) is 5.79. The number of benzene rings is 1. The Labute approximate surface area is 205 Å². The maximum absolute atomic E-state index is 12.5. The van der Waals surface area contributed by atoms with Gasteiger partial charge >= 0.3 is 0 Å². The molecule has 1 aromatic carbocycles. The first-order chi connectivity index (χ1) is 15.9. The van der Waals surface area contributed by atoms with Crippen LogP contribution in [0.4, 0.5) is 0 Å². The van der Waals surface area contributed by atoms with E-state index >= 15 is 0 Å². The molecule has 2 aliphatic rings. The van der Waals surface area contributed by atoms with Gasteiger partial charge in [-0.2, -0.15) is 0 Å². The minimum atomic E-state index is -0.818. The van der Waals surface area contributed by atoms with Gasteiger partial charge in [0.25, 0.3) is 5.56 Å². The van der Waals surface area contributed by atoms with E-state index in [2.05, 4.69) is 44.0 Å². The van der Waals surface area contributed by atoms with E-state index in [1.54, 1.807) is 6.07 Å². The number of halogens is 1. The molecule has 0 bridgehead atoms. The first-order valence-corrected chi connectivity index (χ1v) is 12.5. The standard InChI is InChI=1S/C15H18BrN3O2.C9H12O.C2H6/c1-18-6-4-15(21,5-7-18)9-19-10-17-13-8-11(16)2-3-12(13)14(19)20;10-8-4-7-9-5-2-1-3-6-9;1-2/h2-3,8,10,21H,4-7,9H2,1H3;2,5-6,8H,1,3-4,7H2;1-2H3. The summed E-state index contributed by atoms with van der Waals surface area (Å²) in [7, 11) is 2.04. The van der Waals surface area contributed by atoms with Gasteiger partial charge < -0.3 is 14.8 Å². The molecular weight excluding hydrogens is 482 g/mol. The fraction of sp³-hybridized carbons (Fsp3) is 0.500. The van der Waals surface area contributed by atoms with Crippen molar-refractivity contribution in [2.45, 2.75) is 64.5 Å². The number of aliphatic hydroxyl groups is 1. The molecule has 0 atom stereocenters. The fourth-order valence-electron chi connectivity index (χ4n) is 3.83. The normalized spacial score (nSPS) is 17.3. The highest BCUT2D eigenvalue weighted by atomic mass is 79.9. The highest BCUT2D eigenvalue weighted by molar-refractivity contribution is 9.10. The molecule has 1 aliphatic heterocycles. The topological polar surface area (TPSA) is 75.4 Å². The van der Waals surface area contributed by atoms with E-state index in [1.165, 1.54) is 16.5 Å². The zero-order valence-corrected chi connectivity index (χ0v) is 21.6. The number of piperidine rings is 1. The van der Waals surface area contributed by atoms with Crippen molar-refractivity contribution in [1.82, 2.24) is 14.5 Å². The van der Waals surface area contributed by atoms with E-state index in [0.717, 1.165) is 43.1 Å². The summed E-state index contributed by atoms with van der Waals surface area (Å²) in [5, 5.41) is 11.2. The zero-order valence-electron chi connectivity index (χ0n) is 20.0. The number of carbonyl (C=O) groups is 1. The van der Waals surface area contributed by atoms with Crippen LogP contribution in [-0.4, -0.2) is 51.6 Å². The molecule has 1 fully saturated rings. The van der Waals surface area contributed by atoms with Crippen LogP contribution < -0.4 is 5.56 Å². The third kappa shape index (κ3) is 8.32. The molecule has 0 unspecified atom stereocenters. The highest BCUT2D eigenvalue weighted by Crippen LogP contribution is 2.23. The summed E-state index contributed by atoms with van der Waals surface area (Å²) in [6, 6.07) is 5.43.